The predicted octanol–water partition coefficient (Wildman–Crippen LogP) is 14.6. The molecule has 0 radical (unpaired) electrons. The molecule has 0 atom stereocenters. The summed E-state index contributed by atoms with van der Waals surface area (Å²) in [6, 6.07) is 28.8. The molecule has 9 rings (SSSR count). The molecular formula is C46H23Cl8MnN4O2. The van der Waals surface area contributed by atoms with Crippen LogP contribution in [0.1, 0.15) is 29.7 Å². The van der Waals surface area contributed by atoms with Crippen LogP contribution in [-0.4, -0.2) is 15.9 Å². The second-order valence-electron chi connectivity index (χ2n) is 13.2. The molecule has 0 amide bonds. The molecule has 2 aliphatic rings. The van der Waals surface area contributed by atoms with Crippen LogP contribution in [0.2, 0.25) is 40.2 Å². The second kappa shape index (κ2) is 18.6. The fraction of sp³-hybridized carbons (Fsp3) is 0.0217. The first-order valence-electron chi connectivity index (χ1n) is 17.8. The number of nitrogens with zero attached hydrogens (tertiary/aromatic N) is 4. The Kier molecular flexibility index (Phi) is 13.7. The Labute approximate surface area is 400 Å². The van der Waals surface area contributed by atoms with Gasteiger partial charge in [0.25, 0.3) is 0 Å². The van der Waals surface area contributed by atoms with Gasteiger partial charge in [-0.2, -0.15) is 0 Å². The van der Waals surface area contributed by atoms with E-state index < -0.39 is 5.97 Å². The van der Waals surface area contributed by atoms with E-state index in [1.165, 1.54) is 0 Å². The van der Waals surface area contributed by atoms with E-state index in [0.29, 0.717) is 130 Å². The van der Waals surface area contributed by atoms with Gasteiger partial charge in [-0.05, 0) is 102 Å². The van der Waals surface area contributed by atoms with Crippen molar-refractivity contribution in [1.82, 2.24) is 19.9 Å². The number of carbonyl (C=O) groups is 1. The van der Waals surface area contributed by atoms with E-state index in [1.807, 2.05) is 48.6 Å². The van der Waals surface area contributed by atoms with Gasteiger partial charge in [0, 0.05) is 68.4 Å². The first-order chi connectivity index (χ1) is 28.8. The molecule has 302 valence electrons. The fourth-order valence-electron chi connectivity index (χ4n) is 7.06. The number of carboxylic acid groups (broad SMARTS) is 1. The van der Waals surface area contributed by atoms with Crippen molar-refractivity contribution in [2.24, 2.45) is 0 Å². The molecule has 4 aromatic carbocycles. The first kappa shape index (κ1) is 44.8. The normalized spacial score (nSPS) is 11.6. The molecule has 61 heavy (non-hydrogen) atoms. The minimum Gasteiger partial charge on any atom is -0.657 e. The predicted molar refractivity (Wildman–Crippen MR) is 249 cm³/mol. The third-order valence-corrected chi connectivity index (χ3v) is 12.0. The van der Waals surface area contributed by atoms with Crippen LogP contribution in [-0.2, 0) is 21.9 Å². The number of aromatic nitrogens is 4. The Morgan fingerprint density at radius 3 is 0.754 bits per heavy atom. The van der Waals surface area contributed by atoms with Gasteiger partial charge in [-0.15, -0.1) is 22.1 Å². The smallest absolute Gasteiger partial charge is 0.657 e. The summed E-state index contributed by atoms with van der Waals surface area (Å²) in [5, 5.41) is 12.2. The maximum absolute atomic E-state index is 8.89. The van der Waals surface area contributed by atoms with Gasteiger partial charge in [-0.1, -0.05) is 141 Å². The molecule has 8 bridgehead atoms. The number of benzene rings is 4. The molecule has 2 aliphatic heterocycles. The third-order valence-electron chi connectivity index (χ3n) is 9.46. The molecule has 15 heteroatoms. The van der Waals surface area contributed by atoms with Gasteiger partial charge in [0.05, 0.1) is 22.8 Å². The van der Waals surface area contributed by atoms with E-state index in [9.17, 15) is 0 Å². The van der Waals surface area contributed by atoms with Crippen LogP contribution < -0.4 is 15.1 Å². The number of rotatable bonds is 4. The number of halogens is 8. The number of carboxylic acids is 1. The van der Waals surface area contributed by atoms with E-state index >= 15 is 0 Å². The van der Waals surface area contributed by atoms with Crippen LogP contribution in [0, 0.1) is 0 Å². The van der Waals surface area contributed by atoms with E-state index in [4.69, 9.17) is 123 Å². The van der Waals surface area contributed by atoms with E-state index in [-0.39, 0.29) is 17.1 Å². The summed E-state index contributed by atoms with van der Waals surface area (Å²) in [7, 11) is 0. The van der Waals surface area contributed by atoms with Crippen LogP contribution in [0.25, 0.3) is 90.9 Å². The summed E-state index contributed by atoms with van der Waals surface area (Å²) in [5.74, 6) is -1.08. The summed E-state index contributed by atoms with van der Waals surface area (Å²) in [4.78, 5) is 29.7. The second-order valence-corrected chi connectivity index (χ2v) is 16.5. The average molecular weight is 1000 g/mol. The molecule has 0 spiro atoms. The summed E-state index contributed by atoms with van der Waals surface area (Å²) in [5.41, 5.74) is 8.93. The van der Waals surface area contributed by atoms with Crippen LogP contribution in [0.15, 0.2) is 97.1 Å². The number of carbonyl (C=O) groups excluding carboxylic acids is 1. The molecular weight excluding hydrogens is 979 g/mol. The van der Waals surface area contributed by atoms with Crippen molar-refractivity contribution in [3.05, 3.63) is 160 Å². The summed E-state index contributed by atoms with van der Waals surface area (Å²) in [6.45, 7) is 0.972. The van der Waals surface area contributed by atoms with Crippen molar-refractivity contribution < 1.29 is 27.0 Å². The Balaban J connectivity index is 0.00000108. The average Bonchev–Trinajstić information content (AvgIpc) is 4.03. The Bertz CT molecular complexity index is 2680. The van der Waals surface area contributed by atoms with Gasteiger partial charge in [0.1, 0.15) is 0 Å². The number of hydrogen-bond donors (Lipinski definition) is 0. The minimum absolute atomic E-state index is 0. The van der Waals surface area contributed by atoms with Gasteiger partial charge in [-0.3, -0.25) is 0 Å². The van der Waals surface area contributed by atoms with Crippen molar-refractivity contribution in [1.29, 1.82) is 0 Å². The van der Waals surface area contributed by atoms with Crippen molar-refractivity contribution in [3.8, 4) is 44.5 Å². The molecule has 0 saturated heterocycles. The zero-order valence-electron chi connectivity index (χ0n) is 31.1. The Hall–Kier alpha value is -4.21. The maximum Gasteiger partial charge on any atom is 3.00 e. The van der Waals surface area contributed by atoms with Gasteiger partial charge < -0.3 is 19.9 Å². The van der Waals surface area contributed by atoms with Gasteiger partial charge >= 0.3 is 17.1 Å². The largest absolute Gasteiger partial charge is 3.00 e. The van der Waals surface area contributed by atoms with Crippen molar-refractivity contribution in [2.75, 3.05) is 0 Å². The first-order valence-corrected chi connectivity index (χ1v) is 20.9. The van der Waals surface area contributed by atoms with Crippen molar-refractivity contribution in [2.45, 2.75) is 6.92 Å². The molecule has 6 nitrogen and oxygen atoms in total. The van der Waals surface area contributed by atoms with Crippen molar-refractivity contribution >= 4 is 145 Å². The number of aliphatic carboxylic acids is 1. The van der Waals surface area contributed by atoms with Crippen molar-refractivity contribution in [3.63, 3.8) is 0 Å². The van der Waals surface area contributed by atoms with E-state index in [1.54, 1.807) is 72.8 Å². The SMILES string of the molecule is CC(=O)[O-].Clc1cccc(Cl)c1-c1c2nc(c(-c3c(Cl)cccc3Cl)c3ccc([n-]3)c(-c3c(Cl)cccc3Cl)c3nc(c(-c4c(Cl)cccc4Cl)c4ccc1[n-]4)C=C3)C=C2.[Mn+3]. The third kappa shape index (κ3) is 8.75. The molecule has 0 N–H and O–H groups in total. The van der Waals surface area contributed by atoms with Gasteiger partial charge in [-0.25, -0.2) is 9.97 Å². The van der Waals surface area contributed by atoms with Crippen LogP contribution in [0.3, 0.4) is 0 Å². The zero-order valence-corrected chi connectivity index (χ0v) is 38.3. The summed E-state index contributed by atoms with van der Waals surface area (Å²) in [6.07, 6.45) is 7.53. The monoisotopic (exact) mass is 998 g/mol. The molecule has 0 unspecified atom stereocenters. The van der Waals surface area contributed by atoms with Crippen LogP contribution in [0.4, 0.5) is 0 Å². The zero-order chi connectivity index (χ0) is 42.4. The molecule has 5 heterocycles. The maximum atomic E-state index is 8.89. The van der Waals surface area contributed by atoms with Crippen LogP contribution >= 0.6 is 92.8 Å². The molecule has 3 aromatic heterocycles. The molecule has 0 saturated carbocycles. The molecule has 0 aliphatic carbocycles. The fourth-order valence-corrected chi connectivity index (χ4v) is 9.40. The summed E-state index contributed by atoms with van der Waals surface area (Å²) >= 11 is 55.4. The van der Waals surface area contributed by atoms with Gasteiger partial charge in [0.2, 0.25) is 0 Å². The van der Waals surface area contributed by atoms with E-state index in [2.05, 4.69) is 0 Å². The van der Waals surface area contributed by atoms with Gasteiger partial charge in [0.15, 0.2) is 0 Å². The Morgan fingerprint density at radius 1 is 0.393 bits per heavy atom. The molecule has 7 aromatic rings. The topological polar surface area (TPSA) is 94.1 Å². The van der Waals surface area contributed by atoms with E-state index in [0.717, 1.165) is 6.92 Å². The summed E-state index contributed by atoms with van der Waals surface area (Å²) < 4.78 is 0. The standard InChI is InChI=1S/C44H20Cl8N4.C2H4O2.Mn/c45-21-5-1-6-22(46)37(21)41-29-13-15-31(53-29)42(38-23(47)7-2-8-24(38)48)33-17-19-35(55-33)44(40-27(51)11-4-12-28(40)52)36-20-18-34(56-36)43(32-16-14-30(41)54-32)39-25(49)9-3-10-26(39)50;1-2(3)4;/h1-20H;1H3,(H,3,4);/q-2;;+3/p-1. The minimum atomic E-state index is -1.08. The Morgan fingerprint density at radius 2 is 0.574 bits per heavy atom. The molecule has 0 fully saturated rings. The number of fused-ring (bicyclic) bond motifs is 8. The quantitative estimate of drug-likeness (QED) is 0.163. The van der Waals surface area contributed by atoms with Crippen LogP contribution in [0.5, 0.6) is 0 Å². The number of hydrogen-bond acceptors (Lipinski definition) is 4.